The molecule has 0 heterocycles. The summed E-state index contributed by atoms with van der Waals surface area (Å²) in [7, 11) is 0. The van der Waals surface area contributed by atoms with Crippen LogP contribution >= 0.6 is 0 Å². The lowest BCUT2D eigenvalue weighted by Crippen LogP contribution is -2.16. The number of nitrogens with one attached hydrogen (secondary N) is 1. The Morgan fingerprint density at radius 3 is 2.63 bits per heavy atom. The van der Waals surface area contributed by atoms with Gasteiger partial charge in [0.25, 0.3) is 0 Å². The second-order valence-electron chi connectivity index (χ2n) is 4.51. The first-order chi connectivity index (χ1) is 9.15. The molecule has 2 nitrogen and oxygen atoms in total. The maximum Gasteiger partial charge on any atom is 0.156 e. The van der Waals surface area contributed by atoms with Crippen molar-refractivity contribution in [2.24, 2.45) is 0 Å². The maximum absolute atomic E-state index is 13.1. The molecule has 0 aliphatic heterocycles. The molecule has 98 valence electrons. The van der Waals surface area contributed by atoms with Crippen LogP contribution in [0.4, 0.5) is 10.1 Å². The molecule has 0 aliphatic carbocycles. The van der Waals surface area contributed by atoms with Gasteiger partial charge in [-0.3, -0.25) is 4.79 Å². The number of benzene rings is 2. The first-order valence-electron chi connectivity index (χ1n) is 6.21. The maximum atomic E-state index is 13.1. The summed E-state index contributed by atoms with van der Waals surface area (Å²) >= 11 is 0. The van der Waals surface area contributed by atoms with Crippen molar-refractivity contribution in [1.82, 2.24) is 0 Å². The van der Waals surface area contributed by atoms with E-state index in [1.54, 1.807) is 6.07 Å². The number of Topliss-reactive ketones (excluding diaryl/α,β-unsaturated/α-hetero) is 1. The molecule has 1 N–H and O–H groups in total. The lowest BCUT2D eigenvalue weighted by Gasteiger charge is -2.07. The molecule has 0 bridgehead atoms. The average molecular weight is 257 g/mol. The van der Waals surface area contributed by atoms with E-state index in [-0.39, 0.29) is 24.6 Å². The van der Waals surface area contributed by atoms with Crippen LogP contribution < -0.4 is 5.32 Å². The zero-order chi connectivity index (χ0) is 13.7. The minimum absolute atomic E-state index is 0.0394. The van der Waals surface area contributed by atoms with Gasteiger partial charge in [0.05, 0.1) is 6.54 Å². The first kappa shape index (κ1) is 13.3. The molecule has 2 aromatic carbocycles. The van der Waals surface area contributed by atoms with E-state index in [4.69, 9.17) is 0 Å². The van der Waals surface area contributed by atoms with Crippen LogP contribution in [-0.2, 0) is 11.2 Å². The van der Waals surface area contributed by atoms with Crippen molar-refractivity contribution >= 4 is 11.5 Å². The minimum Gasteiger partial charge on any atom is -0.378 e. The normalized spacial score (nSPS) is 10.2. The molecule has 2 rings (SSSR count). The van der Waals surface area contributed by atoms with Crippen LogP contribution in [0.2, 0.25) is 0 Å². The number of rotatable bonds is 5. The number of aryl methyl sites for hydroxylation is 1. The van der Waals surface area contributed by atoms with Gasteiger partial charge >= 0.3 is 0 Å². The molecule has 0 amide bonds. The number of ketones is 1. The van der Waals surface area contributed by atoms with Crippen LogP contribution in [0, 0.1) is 12.7 Å². The van der Waals surface area contributed by atoms with Gasteiger partial charge in [0.15, 0.2) is 5.78 Å². The summed E-state index contributed by atoms with van der Waals surface area (Å²) in [6.45, 7) is 2.13. The molecule has 3 heteroatoms. The van der Waals surface area contributed by atoms with Crippen molar-refractivity contribution in [1.29, 1.82) is 0 Å². The van der Waals surface area contributed by atoms with E-state index >= 15 is 0 Å². The predicted octanol–water partition coefficient (Wildman–Crippen LogP) is 3.36. The fourth-order valence-corrected chi connectivity index (χ4v) is 1.86. The number of carbonyl (C=O) groups excluding carboxylic acids is 1. The third kappa shape index (κ3) is 3.91. The summed E-state index contributed by atoms with van der Waals surface area (Å²) in [5.41, 5.74) is 2.60. The van der Waals surface area contributed by atoms with Gasteiger partial charge < -0.3 is 5.32 Å². The number of para-hydroxylation sites is 1. The van der Waals surface area contributed by atoms with Gasteiger partial charge in [-0.2, -0.15) is 0 Å². The molecular formula is C16H16FNO. The van der Waals surface area contributed by atoms with E-state index in [1.807, 2.05) is 37.3 Å². The second-order valence-corrected chi connectivity index (χ2v) is 4.51. The summed E-state index contributed by atoms with van der Waals surface area (Å²) < 4.78 is 13.1. The van der Waals surface area contributed by atoms with Crippen LogP contribution in [-0.4, -0.2) is 12.3 Å². The highest BCUT2D eigenvalue weighted by Crippen LogP contribution is 2.11. The van der Waals surface area contributed by atoms with Gasteiger partial charge in [-0.15, -0.1) is 0 Å². The van der Waals surface area contributed by atoms with E-state index in [1.165, 1.54) is 12.1 Å². The monoisotopic (exact) mass is 257 g/mol. The van der Waals surface area contributed by atoms with Crippen LogP contribution in [0.25, 0.3) is 0 Å². The van der Waals surface area contributed by atoms with Crippen molar-refractivity contribution in [3.05, 3.63) is 65.5 Å². The van der Waals surface area contributed by atoms with Crippen LogP contribution in [0.5, 0.6) is 0 Å². The highest BCUT2D eigenvalue weighted by molar-refractivity contribution is 5.85. The largest absolute Gasteiger partial charge is 0.378 e. The van der Waals surface area contributed by atoms with Gasteiger partial charge in [0, 0.05) is 12.1 Å². The number of carbonyl (C=O) groups is 1. The SMILES string of the molecule is Cc1ccc(F)cc1CC(=O)CNc1ccccc1. The molecule has 19 heavy (non-hydrogen) atoms. The van der Waals surface area contributed by atoms with Crippen molar-refractivity contribution in [3.8, 4) is 0 Å². The van der Waals surface area contributed by atoms with Gasteiger partial charge in [-0.05, 0) is 42.3 Å². The molecule has 0 aromatic heterocycles. The minimum atomic E-state index is -0.301. The molecule has 2 aromatic rings. The van der Waals surface area contributed by atoms with Crippen molar-refractivity contribution in [2.75, 3.05) is 11.9 Å². The highest BCUT2D eigenvalue weighted by atomic mass is 19.1. The van der Waals surface area contributed by atoms with E-state index in [0.717, 1.165) is 16.8 Å². The molecule has 0 fully saturated rings. The van der Waals surface area contributed by atoms with E-state index in [0.29, 0.717) is 0 Å². The van der Waals surface area contributed by atoms with Crippen LogP contribution in [0.1, 0.15) is 11.1 Å². The quantitative estimate of drug-likeness (QED) is 0.890. The average Bonchev–Trinajstić information content (AvgIpc) is 2.42. The van der Waals surface area contributed by atoms with Gasteiger partial charge in [0.2, 0.25) is 0 Å². The van der Waals surface area contributed by atoms with E-state index in [2.05, 4.69) is 5.32 Å². The third-order valence-corrected chi connectivity index (χ3v) is 2.96. The summed E-state index contributed by atoms with van der Waals surface area (Å²) in [5.74, 6) is -0.262. The highest BCUT2D eigenvalue weighted by Gasteiger charge is 2.07. The Bertz CT molecular complexity index is 566. The van der Waals surface area contributed by atoms with Crippen molar-refractivity contribution < 1.29 is 9.18 Å². The molecule has 0 saturated heterocycles. The standard InChI is InChI=1S/C16H16FNO/c1-12-7-8-14(17)9-13(12)10-16(19)11-18-15-5-3-2-4-6-15/h2-9,18H,10-11H2,1H3. The van der Waals surface area contributed by atoms with Gasteiger partial charge in [0.1, 0.15) is 5.82 Å². The molecule has 0 spiro atoms. The van der Waals surface area contributed by atoms with E-state index in [9.17, 15) is 9.18 Å². The van der Waals surface area contributed by atoms with Crippen molar-refractivity contribution in [3.63, 3.8) is 0 Å². The first-order valence-corrected chi connectivity index (χ1v) is 6.21. The van der Waals surface area contributed by atoms with Crippen molar-refractivity contribution in [2.45, 2.75) is 13.3 Å². The topological polar surface area (TPSA) is 29.1 Å². The third-order valence-electron chi connectivity index (χ3n) is 2.96. The number of hydrogen-bond donors (Lipinski definition) is 1. The molecular weight excluding hydrogens is 241 g/mol. The number of halogens is 1. The Morgan fingerprint density at radius 1 is 1.16 bits per heavy atom. The number of hydrogen-bond acceptors (Lipinski definition) is 2. The fraction of sp³-hybridized carbons (Fsp3) is 0.188. The van der Waals surface area contributed by atoms with Crippen LogP contribution in [0.15, 0.2) is 48.5 Å². The van der Waals surface area contributed by atoms with E-state index < -0.39 is 0 Å². The summed E-state index contributed by atoms with van der Waals surface area (Å²) in [5, 5.41) is 3.06. The second kappa shape index (κ2) is 6.14. The Hall–Kier alpha value is -2.16. The fourth-order valence-electron chi connectivity index (χ4n) is 1.86. The Kier molecular flexibility index (Phi) is 4.29. The molecule has 0 radical (unpaired) electrons. The van der Waals surface area contributed by atoms with Gasteiger partial charge in [-0.25, -0.2) is 4.39 Å². The molecule has 0 atom stereocenters. The van der Waals surface area contributed by atoms with Crippen LogP contribution in [0.3, 0.4) is 0 Å². The molecule has 0 saturated carbocycles. The summed E-state index contributed by atoms with van der Waals surface area (Å²) in [4.78, 5) is 11.9. The Balaban J connectivity index is 1.93. The molecule has 0 unspecified atom stereocenters. The lowest BCUT2D eigenvalue weighted by molar-refractivity contribution is -0.116. The summed E-state index contributed by atoms with van der Waals surface area (Å²) in [6.07, 6.45) is 0.253. The van der Waals surface area contributed by atoms with Gasteiger partial charge in [-0.1, -0.05) is 24.3 Å². The number of anilines is 1. The predicted molar refractivity (Wildman–Crippen MR) is 74.8 cm³/mol. The zero-order valence-electron chi connectivity index (χ0n) is 10.8. The molecule has 0 aliphatic rings. The Morgan fingerprint density at radius 2 is 1.89 bits per heavy atom. The smallest absolute Gasteiger partial charge is 0.156 e. The Labute approximate surface area is 112 Å². The lowest BCUT2D eigenvalue weighted by atomic mass is 10.0. The summed E-state index contributed by atoms with van der Waals surface area (Å²) in [6, 6.07) is 14.1. The zero-order valence-corrected chi connectivity index (χ0v) is 10.8.